The van der Waals surface area contributed by atoms with Crippen LogP contribution in [0.15, 0.2) is 48.5 Å². The number of benzene rings is 2. The van der Waals surface area contributed by atoms with E-state index < -0.39 is 11.6 Å². The van der Waals surface area contributed by atoms with Gasteiger partial charge in [-0.15, -0.1) is 5.10 Å². The number of hydrogen-bond acceptors (Lipinski definition) is 5. The predicted molar refractivity (Wildman–Crippen MR) is 137 cm³/mol. The summed E-state index contributed by atoms with van der Waals surface area (Å²) in [6.07, 6.45) is 0.759. The smallest absolute Gasteiger partial charge is 0.247 e. The summed E-state index contributed by atoms with van der Waals surface area (Å²) in [6.45, 7) is 10.8. The van der Waals surface area contributed by atoms with Gasteiger partial charge < -0.3 is 15.0 Å². The number of carbonyl (C=O) groups is 2. The second kappa shape index (κ2) is 11.4. The van der Waals surface area contributed by atoms with E-state index >= 15 is 0 Å². The molecular weight excluding hydrogens is 442 g/mol. The van der Waals surface area contributed by atoms with Gasteiger partial charge in [-0.3, -0.25) is 9.59 Å². The zero-order chi connectivity index (χ0) is 25.6. The zero-order valence-corrected chi connectivity index (χ0v) is 21.6. The van der Waals surface area contributed by atoms with Gasteiger partial charge in [0.05, 0.1) is 12.1 Å². The van der Waals surface area contributed by atoms with Crippen LogP contribution in [0.2, 0.25) is 0 Å². The van der Waals surface area contributed by atoms with Crippen LogP contribution in [0.25, 0.3) is 11.0 Å². The van der Waals surface area contributed by atoms with E-state index in [0.717, 1.165) is 17.5 Å². The Hall–Kier alpha value is -3.26. The van der Waals surface area contributed by atoms with Crippen LogP contribution in [0, 0.1) is 0 Å². The highest BCUT2D eigenvalue weighted by atomic mass is 16.5. The molecule has 2 aromatic carbocycles. The van der Waals surface area contributed by atoms with Gasteiger partial charge in [-0.2, -0.15) is 0 Å². The number of fused-ring (bicyclic) bond motifs is 1. The van der Waals surface area contributed by atoms with Crippen molar-refractivity contribution in [2.75, 3.05) is 20.3 Å². The van der Waals surface area contributed by atoms with Crippen molar-refractivity contribution >= 4 is 22.8 Å². The second-order valence-corrected chi connectivity index (χ2v) is 9.77. The maximum atomic E-state index is 13.7. The zero-order valence-electron chi connectivity index (χ0n) is 21.6. The lowest BCUT2D eigenvalue weighted by atomic mass is 9.96. The first kappa shape index (κ1) is 26.3. The van der Waals surface area contributed by atoms with Crippen molar-refractivity contribution in [3.05, 3.63) is 59.7 Å². The van der Waals surface area contributed by atoms with E-state index in [1.54, 1.807) is 16.7 Å². The van der Waals surface area contributed by atoms with Crippen LogP contribution < -0.4 is 5.32 Å². The van der Waals surface area contributed by atoms with Gasteiger partial charge in [0, 0.05) is 19.2 Å². The Morgan fingerprint density at radius 2 is 1.74 bits per heavy atom. The van der Waals surface area contributed by atoms with Crippen LogP contribution in [-0.2, 0) is 20.9 Å². The number of nitrogens with one attached hydrogen (secondary N) is 1. The van der Waals surface area contributed by atoms with E-state index in [9.17, 15) is 9.59 Å². The van der Waals surface area contributed by atoms with Gasteiger partial charge in [0.1, 0.15) is 18.1 Å². The van der Waals surface area contributed by atoms with Crippen molar-refractivity contribution in [3.8, 4) is 0 Å². The summed E-state index contributed by atoms with van der Waals surface area (Å²) in [5, 5.41) is 11.5. The van der Waals surface area contributed by atoms with Gasteiger partial charge in [0.25, 0.3) is 0 Å². The normalized spacial score (nSPS) is 12.7. The molecule has 1 aromatic heterocycles. The van der Waals surface area contributed by atoms with E-state index in [1.165, 1.54) is 5.56 Å². The van der Waals surface area contributed by atoms with Crippen molar-refractivity contribution in [2.24, 2.45) is 0 Å². The highest BCUT2D eigenvalue weighted by Crippen LogP contribution is 2.26. The Morgan fingerprint density at radius 1 is 1.09 bits per heavy atom. The van der Waals surface area contributed by atoms with Crippen LogP contribution >= 0.6 is 0 Å². The molecule has 8 heteroatoms. The van der Waals surface area contributed by atoms with Crippen molar-refractivity contribution in [1.82, 2.24) is 25.2 Å². The molecule has 0 aliphatic carbocycles. The first-order valence-corrected chi connectivity index (χ1v) is 12.2. The first-order valence-electron chi connectivity index (χ1n) is 12.2. The van der Waals surface area contributed by atoms with Gasteiger partial charge >= 0.3 is 0 Å². The Labute approximate surface area is 207 Å². The average Bonchev–Trinajstić information content (AvgIpc) is 3.24. The topological polar surface area (TPSA) is 89.4 Å². The van der Waals surface area contributed by atoms with Crippen LogP contribution in [0.5, 0.6) is 0 Å². The monoisotopic (exact) mass is 479 g/mol. The quantitative estimate of drug-likeness (QED) is 0.448. The molecular formula is C27H37N5O3. The van der Waals surface area contributed by atoms with Crippen LogP contribution in [0.3, 0.4) is 0 Å². The predicted octanol–water partition coefficient (Wildman–Crippen LogP) is 4.08. The molecule has 1 atom stereocenters. The Balaban J connectivity index is 1.99. The fraction of sp³-hybridized carbons (Fsp3) is 0.481. The number of para-hydroxylation sites is 1. The largest absolute Gasteiger partial charge is 0.383 e. The summed E-state index contributed by atoms with van der Waals surface area (Å²) >= 11 is 0. The number of hydrogen-bond donors (Lipinski definition) is 1. The first-order chi connectivity index (χ1) is 16.7. The summed E-state index contributed by atoms with van der Waals surface area (Å²) in [5.41, 5.74) is 3.00. The lowest BCUT2D eigenvalue weighted by molar-refractivity contribution is -0.142. The molecule has 3 rings (SSSR count). The molecule has 1 heterocycles. The molecule has 1 N–H and O–H groups in total. The molecule has 0 saturated carbocycles. The maximum Gasteiger partial charge on any atom is 0.247 e. The number of amides is 2. The molecule has 8 nitrogen and oxygen atoms in total. The fourth-order valence-corrected chi connectivity index (χ4v) is 3.87. The molecule has 2 amide bonds. The van der Waals surface area contributed by atoms with Gasteiger partial charge in [0.2, 0.25) is 11.8 Å². The lowest BCUT2D eigenvalue weighted by Gasteiger charge is -2.34. The Morgan fingerprint density at radius 3 is 2.37 bits per heavy atom. The van der Waals surface area contributed by atoms with Crippen LogP contribution in [-0.4, -0.2) is 57.5 Å². The third-order valence-electron chi connectivity index (χ3n) is 6.39. The summed E-state index contributed by atoms with van der Waals surface area (Å²) in [6, 6.07) is 14.6. The van der Waals surface area contributed by atoms with E-state index in [0.29, 0.717) is 18.0 Å². The molecule has 0 saturated heterocycles. The van der Waals surface area contributed by atoms with Crippen LogP contribution in [0.1, 0.15) is 64.1 Å². The molecule has 0 fully saturated rings. The van der Waals surface area contributed by atoms with Gasteiger partial charge in [-0.1, -0.05) is 62.4 Å². The fourth-order valence-electron chi connectivity index (χ4n) is 3.87. The van der Waals surface area contributed by atoms with Crippen molar-refractivity contribution in [2.45, 2.75) is 65.1 Å². The Bertz CT molecular complexity index is 1140. The number of aromatic nitrogens is 3. The molecule has 0 aliphatic heterocycles. The second-order valence-electron chi connectivity index (χ2n) is 9.77. The number of carbonyl (C=O) groups excluding carboxylic acids is 2. The molecule has 3 aromatic rings. The maximum absolute atomic E-state index is 13.7. The summed E-state index contributed by atoms with van der Waals surface area (Å²) in [7, 11) is 1.58. The van der Waals surface area contributed by atoms with Crippen molar-refractivity contribution in [3.63, 3.8) is 0 Å². The highest BCUT2D eigenvalue weighted by molar-refractivity contribution is 5.89. The molecule has 188 valence electrons. The van der Waals surface area contributed by atoms with Crippen molar-refractivity contribution < 1.29 is 14.3 Å². The standard InChI is InChI=1S/C27H37N5O3/c1-7-27(4,5)28-26(34)25(21-14-12-20(13-15-21)19(2)3)31(16-17-35-6)24(33)18-32-23-11-9-8-10-22(23)29-30-32/h8-15,19,25H,7,16-18H2,1-6H3,(H,28,34). The molecule has 35 heavy (non-hydrogen) atoms. The number of methoxy groups -OCH3 is 1. The van der Waals surface area contributed by atoms with Crippen LogP contribution in [0.4, 0.5) is 0 Å². The summed E-state index contributed by atoms with van der Waals surface area (Å²) in [4.78, 5) is 29.0. The SMILES string of the molecule is CCC(C)(C)NC(=O)C(c1ccc(C(C)C)cc1)N(CCOC)C(=O)Cn1nnc2ccccc21. The van der Waals surface area contributed by atoms with E-state index in [-0.39, 0.29) is 24.9 Å². The highest BCUT2D eigenvalue weighted by Gasteiger charge is 2.34. The molecule has 0 spiro atoms. The third kappa shape index (κ3) is 6.45. The van der Waals surface area contributed by atoms with Gasteiger partial charge in [0.15, 0.2) is 0 Å². The number of ether oxygens (including phenoxy) is 1. The Kier molecular flexibility index (Phi) is 8.62. The van der Waals surface area contributed by atoms with Gasteiger partial charge in [-0.05, 0) is 49.4 Å². The molecule has 1 unspecified atom stereocenters. The number of rotatable bonds is 11. The van der Waals surface area contributed by atoms with Gasteiger partial charge in [-0.25, -0.2) is 4.68 Å². The number of nitrogens with zero attached hydrogens (tertiary/aromatic N) is 4. The average molecular weight is 480 g/mol. The summed E-state index contributed by atoms with van der Waals surface area (Å²) in [5.74, 6) is -0.0932. The minimum absolute atomic E-state index is 0.0325. The van der Waals surface area contributed by atoms with E-state index in [1.807, 2.05) is 69.3 Å². The molecule has 0 radical (unpaired) electrons. The van der Waals surface area contributed by atoms with E-state index in [4.69, 9.17) is 4.74 Å². The third-order valence-corrected chi connectivity index (χ3v) is 6.39. The van der Waals surface area contributed by atoms with Crippen molar-refractivity contribution in [1.29, 1.82) is 0 Å². The minimum Gasteiger partial charge on any atom is -0.383 e. The molecule has 0 aliphatic rings. The summed E-state index contributed by atoms with van der Waals surface area (Å²) < 4.78 is 6.88. The molecule has 0 bridgehead atoms. The lowest BCUT2D eigenvalue weighted by Crippen LogP contribution is -2.51. The van der Waals surface area contributed by atoms with E-state index in [2.05, 4.69) is 29.5 Å². The minimum atomic E-state index is -0.806.